The van der Waals surface area contributed by atoms with E-state index in [2.05, 4.69) is 28.6 Å². The summed E-state index contributed by atoms with van der Waals surface area (Å²) < 4.78 is 5.44. The molecule has 0 saturated carbocycles. The van der Waals surface area contributed by atoms with Crippen molar-refractivity contribution in [3.05, 3.63) is 65.2 Å². The highest BCUT2D eigenvalue weighted by molar-refractivity contribution is 14.0. The van der Waals surface area contributed by atoms with Crippen molar-refractivity contribution in [2.45, 2.75) is 19.9 Å². The van der Waals surface area contributed by atoms with Gasteiger partial charge in [0.1, 0.15) is 5.75 Å². The maximum Gasteiger partial charge on any atom is 0.241 e. The van der Waals surface area contributed by atoms with Crippen molar-refractivity contribution in [2.75, 3.05) is 34.3 Å². The number of benzene rings is 2. The summed E-state index contributed by atoms with van der Waals surface area (Å²) in [7, 11) is 5.16. The van der Waals surface area contributed by atoms with Gasteiger partial charge in [-0.05, 0) is 30.5 Å². The third-order valence-electron chi connectivity index (χ3n) is 4.29. The number of aliphatic imine (C=N–C) groups is 1. The molecule has 0 saturated heterocycles. The highest BCUT2D eigenvalue weighted by Crippen LogP contribution is 2.19. The lowest BCUT2D eigenvalue weighted by Gasteiger charge is -2.16. The molecule has 0 aromatic heterocycles. The average Bonchev–Trinajstić information content (AvgIpc) is 2.70. The zero-order valence-electron chi connectivity index (χ0n) is 17.6. The number of halogens is 1. The van der Waals surface area contributed by atoms with Crippen LogP contribution in [-0.4, -0.2) is 51.1 Å². The Kier molecular flexibility index (Phi) is 11.1. The first-order valence-electron chi connectivity index (χ1n) is 9.39. The van der Waals surface area contributed by atoms with Gasteiger partial charge in [0.15, 0.2) is 5.96 Å². The molecule has 0 aliphatic rings. The third kappa shape index (κ3) is 8.72. The van der Waals surface area contributed by atoms with Gasteiger partial charge in [0.05, 0.1) is 20.2 Å². The predicted molar refractivity (Wildman–Crippen MR) is 129 cm³/mol. The molecule has 158 valence electrons. The maximum atomic E-state index is 11.9. The number of hydrogen-bond donors (Lipinski definition) is 2. The van der Waals surface area contributed by atoms with E-state index in [1.165, 1.54) is 5.56 Å². The first kappa shape index (κ1) is 24.7. The Morgan fingerprint density at radius 1 is 1.10 bits per heavy atom. The SMILES string of the molecule is COc1ccc(C)cc1CCNC(=NCc1ccccc1)NCC(=O)N(C)C.I. The molecule has 2 N–H and O–H groups in total. The van der Waals surface area contributed by atoms with Crippen molar-refractivity contribution in [1.29, 1.82) is 0 Å². The summed E-state index contributed by atoms with van der Waals surface area (Å²) >= 11 is 0. The monoisotopic (exact) mass is 510 g/mol. The lowest BCUT2D eigenvalue weighted by molar-refractivity contribution is -0.127. The van der Waals surface area contributed by atoms with Crippen molar-refractivity contribution in [3.8, 4) is 5.75 Å². The largest absolute Gasteiger partial charge is 0.496 e. The molecule has 0 aliphatic heterocycles. The van der Waals surface area contributed by atoms with Crippen molar-refractivity contribution >= 4 is 35.8 Å². The van der Waals surface area contributed by atoms with Crippen LogP contribution in [0.2, 0.25) is 0 Å². The van der Waals surface area contributed by atoms with Crippen molar-refractivity contribution < 1.29 is 9.53 Å². The molecule has 0 spiro atoms. The van der Waals surface area contributed by atoms with E-state index in [1.807, 2.05) is 42.5 Å². The quantitative estimate of drug-likeness (QED) is 0.326. The van der Waals surface area contributed by atoms with Crippen LogP contribution >= 0.6 is 24.0 Å². The standard InChI is InChI=1S/C22H30N4O2.HI/c1-17-10-11-20(28-4)19(14-17)12-13-23-22(25-16-21(27)26(2)3)24-15-18-8-6-5-7-9-18;/h5-11,14H,12-13,15-16H2,1-4H3,(H2,23,24,25);1H. The number of hydrogen-bond acceptors (Lipinski definition) is 3. The van der Waals surface area contributed by atoms with Crippen molar-refractivity contribution in [1.82, 2.24) is 15.5 Å². The van der Waals surface area contributed by atoms with Crippen LogP contribution in [0.5, 0.6) is 5.75 Å². The Morgan fingerprint density at radius 3 is 2.48 bits per heavy atom. The first-order chi connectivity index (χ1) is 13.5. The number of nitrogens with one attached hydrogen (secondary N) is 2. The number of carbonyl (C=O) groups is 1. The Hall–Kier alpha value is -2.29. The molecule has 0 radical (unpaired) electrons. The first-order valence-corrected chi connectivity index (χ1v) is 9.39. The van der Waals surface area contributed by atoms with Crippen LogP contribution in [0.25, 0.3) is 0 Å². The molecular weight excluding hydrogens is 479 g/mol. The maximum absolute atomic E-state index is 11.9. The minimum atomic E-state index is -0.00503. The number of amides is 1. The highest BCUT2D eigenvalue weighted by Gasteiger charge is 2.07. The number of ether oxygens (including phenoxy) is 1. The van der Waals surface area contributed by atoms with Crippen LogP contribution in [0.3, 0.4) is 0 Å². The van der Waals surface area contributed by atoms with Gasteiger partial charge in [-0.3, -0.25) is 4.79 Å². The average molecular weight is 510 g/mol. The summed E-state index contributed by atoms with van der Waals surface area (Å²) in [5.74, 6) is 1.49. The van der Waals surface area contributed by atoms with Gasteiger partial charge in [0.25, 0.3) is 0 Å². The van der Waals surface area contributed by atoms with Gasteiger partial charge in [-0.25, -0.2) is 4.99 Å². The zero-order valence-corrected chi connectivity index (χ0v) is 19.9. The van der Waals surface area contributed by atoms with E-state index in [0.717, 1.165) is 23.3 Å². The number of likely N-dealkylation sites (N-methyl/N-ethyl adjacent to an activating group) is 1. The van der Waals surface area contributed by atoms with E-state index in [4.69, 9.17) is 4.74 Å². The molecule has 2 aromatic rings. The molecule has 2 aromatic carbocycles. The Morgan fingerprint density at radius 2 is 1.83 bits per heavy atom. The molecule has 29 heavy (non-hydrogen) atoms. The molecular formula is C22H31IN4O2. The van der Waals surface area contributed by atoms with E-state index in [9.17, 15) is 4.79 Å². The summed E-state index contributed by atoms with van der Waals surface area (Å²) in [5.41, 5.74) is 3.45. The van der Waals surface area contributed by atoms with E-state index in [0.29, 0.717) is 19.0 Å². The number of methoxy groups -OCH3 is 1. The number of aryl methyl sites for hydroxylation is 1. The van der Waals surface area contributed by atoms with Gasteiger partial charge >= 0.3 is 0 Å². The molecule has 2 rings (SSSR count). The van der Waals surface area contributed by atoms with E-state index >= 15 is 0 Å². The Bertz CT molecular complexity index is 795. The van der Waals surface area contributed by atoms with Gasteiger partial charge in [-0.15, -0.1) is 24.0 Å². The predicted octanol–water partition coefficient (Wildman–Crippen LogP) is 2.99. The molecule has 0 atom stereocenters. The van der Waals surface area contributed by atoms with Gasteiger partial charge < -0.3 is 20.3 Å². The summed E-state index contributed by atoms with van der Waals surface area (Å²) in [4.78, 5) is 18.1. The molecule has 0 aliphatic carbocycles. The van der Waals surface area contributed by atoms with E-state index in [1.54, 1.807) is 26.1 Å². The number of nitrogens with zero attached hydrogens (tertiary/aromatic N) is 2. The molecule has 0 bridgehead atoms. The fourth-order valence-electron chi connectivity index (χ4n) is 2.66. The van der Waals surface area contributed by atoms with Gasteiger partial charge in [0.2, 0.25) is 5.91 Å². The number of carbonyl (C=O) groups excluding carboxylic acids is 1. The smallest absolute Gasteiger partial charge is 0.241 e. The van der Waals surface area contributed by atoms with Crippen molar-refractivity contribution in [3.63, 3.8) is 0 Å². The second-order valence-corrected chi connectivity index (χ2v) is 6.78. The van der Waals surface area contributed by atoms with Crippen molar-refractivity contribution in [2.24, 2.45) is 4.99 Å². The Labute approximate surface area is 190 Å². The lowest BCUT2D eigenvalue weighted by Crippen LogP contribution is -2.43. The number of rotatable bonds is 8. The fourth-order valence-corrected chi connectivity index (χ4v) is 2.66. The Balaban J connectivity index is 0.00000420. The van der Waals surface area contributed by atoms with Crippen LogP contribution < -0.4 is 15.4 Å². The second kappa shape index (κ2) is 13.0. The van der Waals surface area contributed by atoms with Gasteiger partial charge in [-0.2, -0.15) is 0 Å². The summed E-state index contributed by atoms with van der Waals surface area (Å²) in [6.45, 7) is 3.48. The minimum Gasteiger partial charge on any atom is -0.496 e. The van der Waals surface area contributed by atoms with Gasteiger partial charge in [0, 0.05) is 20.6 Å². The number of guanidine groups is 1. The molecule has 7 heteroatoms. The fraction of sp³-hybridized carbons (Fsp3) is 0.364. The molecule has 0 unspecified atom stereocenters. The van der Waals surface area contributed by atoms with E-state index in [-0.39, 0.29) is 36.4 Å². The third-order valence-corrected chi connectivity index (χ3v) is 4.29. The minimum absolute atomic E-state index is 0. The second-order valence-electron chi connectivity index (χ2n) is 6.78. The molecule has 1 amide bonds. The molecule has 0 heterocycles. The summed E-state index contributed by atoms with van der Waals surface area (Å²) in [6.07, 6.45) is 0.790. The normalized spacial score (nSPS) is 10.7. The van der Waals surface area contributed by atoms with Crippen LogP contribution in [0, 0.1) is 6.92 Å². The zero-order chi connectivity index (χ0) is 20.4. The highest BCUT2D eigenvalue weighted by atomic mass is 127. The topological polar surface area (TPSA) is 66.0 Å². The van der Waals surface area contributed by atoms with Crippen LogP contribution in [-0.2, 0) is 17.8 Å². The molecule has 0 fully saturated rings. The molecule has 6 nitrogen and oxygen atoms in total. The van der Waals surface area contributed by atoms with E-state index < -0.39 is 0 Å². The van der Waals surface area contributed by atoms with Crippen LogP contribution in [0.15, 0.2) is 53.5 Å². The summed E-state index contributed by atoms with van der Waals surface area (Å²) in [6, 6.07) is 16.2. The summed E-state index contributed by atoms with van der Waals surface area (Å²) in [5, 5.41) is 6.43. The van der Waals surface area contributed by atoms with Crippen LogP contribution in [0.1, 0.15) is 16.7 Å². The van der Waals surface area contributed by atoms with Gasteiger partial charge in [-0.1, -0.05) is 48.0 Å². The van der Waals surface area contributed by atoms with Crippen LogP contribution in [0.4, 0.5) is 0 Å². The lowest BCUT2D eigenvalue weighted by atomic mass is 10.1.